The van der Waals surface area contributed by atoms with Gasteiger partial charge in [0.15, 0.2) is 0 Å². The largest absolute Gasteiger partial charge is 0.444 e. The van der Waals surface area contributed by atoms with Crippen LogP contribution in [0.4, 0.5) is 23.8 Å². The van der Waals surface area contributed by atoms with E-state index in [0.717, 1.165) is 0 Å². The lowest BCUT2D eigenvalue weighted by molar-refractivity contribution is -0.160. The van der Waals surface area contributed by atoms with Crippen LogP contribution in [0.2, 0.25) is 0 Å². The van der Waals surface area contributed by atoms with Gasteiger partial charge in [-0.1, -0.05) is 0 Å². The molecule has 1 heterocycles. The van der Waals surface area contributed by atoms with Crippen LogP contribution >= 0.6 is 0 Å². The molecular formula is C14H17F3N2O2. The number of rotatable bonds is 2. The summed E-state index contributed by atoms with van der Waals surface area (Å²) in [6, 6.07) is 2.59. The number of aromatic nitrogens is 1. The maximum absolute atomic E-state index is 13.1. The number of nitrogens with zero attached hydrogens (tertiary/aromatic N) is 1. The highest BCUT2D eigenvalue weighted by atomic mass is 19.4. The topological polar surface area (TPSA) is 51.2 Å². The third-order valence-corrected chi connectivity index (χ3v) is 3.23. The molecule has 7 heteroatoms. The van der Waals surface area contributed by atoms with Gasteiger partial charge in [0, 0.05) is 6.20 Å². The van der Waals surface area contributed by atoms with Crippen LogP contribution in [0.3, 0.4) is 0 Å². The van der Waals surface area contributed by atoms with Gasteiger partial charge in [-0.25, -0.2) is 9.78 Å². The van der Waals surface area contributed by atoms with Crippen LogP contribution in [-0.4, -0.2) is 22.9 Å². The van der Waals surface area contributed by atoms with E-state index in [2.05, 4.69) is 10.3 Å². The lowest BCUT2D eigenvalue weighted by Gasteiger charge is -2.21. The Kier molecular flexibility index (Phi) is 3.63. The first-order valence-electron chi connectivity index (χ1n) is 6.57. The number of hydrogen-bond acceptors (Lipinski definition) is 3. The SMILES string of the molecule is CC(C)(C)OC(=O)Nc1cc(C2(C(F)(F)F)CC2)ccn1. The van der Waals surface area contributed by atoms with Gasteiger partial charge in [0.2, 0.25) is 0 Å². The second-order valence-electron chi connectivity index (χ2n) is 6.14. The number of anilines is 1. The molecule has 1 fully saturated rings. The lowest BCUT2D eigenvalue weighted by Crippen LogP contribution is -2.29. The summed E-state index contributed by atoms with van der Waals surface area (Å²) < 4.78 is 44.2. The molecule has 0 aromatic carbocycles. The molecule has 1 aliphatic carbocycles. The minimum Gasteiger partial charge on any atom is -0.444 e. The molecule has 0 unspecified atom stereocenters. The zero-order valence-corrected chi connectivity index (χ0v) is 12.0. The molecule has 0 atom stereocenters. The number of halogens is 3. The third-order valence-electron chi connectivity index (χ3n) is 3.23. The first-order valence-corrected chi connectivity index (χ1v) is 6.57. The molecule has 0 aliphatic heterocycles. The summed E-state index contributed by atoms with van der Waals surface area (Å²) in [5.41, 5.74) is -2.36. The van der Waals surface area contributed by atoms with Gasteiger partial charge >= 0.3 is 12.3 Å². The molecule has 0 saturated heterocycles. The minimum atomic E-state index is -4.29. The van der Waals surface area contributed by atoms with Gasteiger partial charge in [0.1, 0.15) is 11.4 Å². The summed E-state index contributed by atoms with van der Waals surface area (Å²) in [5, 5.41) is 2.35. The van der Waals surface area contributed by atoms with Gasteiger partial charge in [-0.15, -0.1) is 0 Å². The second kappa shape index (κ2) is 4.89. The molecule has 1 aromatic rings. The predicted octanol–water partition coefficient (Wildman–Crippen LogP) is 4.02. The van der Waals surface area contributed by atoms with Crippen LogP contribution in [-0.2, 0) is 10.2 Å². The second-order valence-corrected chi connectivity index (χ2v) is 6.14. The van der Waals surface area contributed by atoms with Gasteiger partial charge in [0.05, 0.1) is 5.41 Å². The Morgan fingerprint density at radius 3 is 2.43 bits per heavy atom. The zero-order valence-electron chi connectivity index (χ0n) is 12.0. The van der Waals surface area contributed by atoms with Crippen molar-refractivity contribution in [3.05, 3.63) is 23.9 Å². The Labute approximate surface area is 120 Å². The number of ether oxygens (including phenoxy) is 1. The van der Waals surface area contributed by atoms with E-state index >= 15 is 0 Å². The Hall–Kier alpha value is -1.79. The van der Waals surface area contributed by atoms with Crippen molar-refractivity contribution in [1.82, 2.24) is 4.98 Å². The number of carbonyl (C=O) groups excluding carboxylic acids is 1. The van der Waals surface area contributed by atoms with Crippen molar-refractivity contribution in [3.8, 4) is 0 Å². The van der Waals surface area contributed by atoms with Crippen molar-refractivity contribution >= 4 is 11.9 Å². The summed E-state index contributed by atoms with van der Waals surface area (Å²) in [6.07, 6.45) is -3.66. The van der Waals surface area contributed by atoms with Crippen molar-refractivity contribution in [2.24, 2.45) is 0 Å². The monoisotopic (exact) mass is 302 g/mol. The van der Waals surface area contributed by atoms with Crippen LogP contribution in [0.25, 0.3) is 0 Å². The number of hydrogen-bond donors (Lipinski definition) is 1. The lowest BCUT2D eigenvalue weighted by atomic mass is 9.96. The van der Waals surface area contributed by atoms with Crippen LogP contribution in [0, 0.1) is 0 Å². The third kappa shape index (κ3) is 3.46. The van der Waals surface area contributed by atoms with Crippen LogP contribution in [0.5, 0.6) is 0 Å². The Morgan fingerprint density at radius 1 is 1.33 bits per heavy atom. The molecule has 1 amide bonds. The van der Waals surface area contributed by atoms with Crippen molar-refractivity contribution in [2.75, 3.05) is 5.32 Å². The fraction of sp³-hybridized carbons (Fsp3) is 0.571. The van der Waals surface area contributed by atoms with Crippen molar-refractivity contribution in [2.45, 2.75) is 50.8 Å². The van der Waals surface area contributed by atoms with Crippen molar-refractivity contribution in [1.29, 1.82) is 0 Å². The van der Waals surface area contributed by atoms with E-state index in [0.29, 0.717) is 0 Å². The molecule has 0 radical (unpaired) electrons. The van der Waals surface area contributed by atoms with Crippen LogP contribution in [0.15, 0.2) is 18.3 Å². The van der Waals surface area contributed by atoms with Gasteiger partial charge in [-0.05, 0) is 51.3 Å². The highest BCUT2D eigenvalue weighted by Gasteiger charge is 2.64. The molecule has 1 N–H and O–H groups in total. The van der Waals surface area contributed by atoms with Gasteiger partial charge in [-0.2, -0.15) is 13.2 Å². The standard InChI is InChI=1S/C14H17F3N2O2/c1-12(2,3)21-11(20)19-10-8-9(4-7-18-10)13(5-6-13)14(15,16)17/h4,7-8H,5-6H2,1-3H3,(H,18,19,20). The van der Waals surface area contributed by atoms with E-state index < -0.39 is 23.3 Å². The van der Waals surface area contributed by atoms with E-state index in [9.17, 15) is 18.0 Å². The number of carbonyl (C=O) groups is 1. The molecule has 2 rings (SSSR count). The normalized spacial score (nSPS) is 17.2. The van der Waals surface area contributed by atoms with Crippen molar-refractivity contribution in [3.63, 3.8) is 0 Å². The molecule has 21 heavy (non-hydrogen) atoms. The maximum atomic E-state index is 13.1. The smallest absolute Gasteiger partial charge is 0.413 e. The summed E-state index contributed by atoms with van der Waals surface area (Å²) in [6.45, 7) is 5.08. The fourth-order valence-electron chi connectivity index (χ4n) is 2.07. The predicted molar refractivity (Wildman–Crippen MR) is 71.1 cm³/mol. The zero-order chi connectivity index (χ0) is 15.9. The molecule has 0 bridgehead atoms. The molecule has 1 aliphatic rings. The van der Waals surface area contributed by atoms with Gasteiger partial charge in [0.25, 0.3) is 0 Å². The number of amides is 1. The Bertz CT molecular complexity index is 546. The van der Waals surface area contributed by atoms with Crippen LogP contribution < -0.4 is 5.32 Å². The highest BCUT2D eigenvalue weighted by molar-refractivity contribution is 5.83. The minimum absolute atomic E-state index is 0.0530. The fourth-order valence-corrected chi connectivity index (χ4v) is 2.07. The molecule has 116 valence electrons. The molecule has 1 aromatic heterocycles. The summed E-state index contributed by atoms with van der Waals surface area (Å²) in [7, 11) is 0. The van der Waals surface area contributed by atoms with E-state index in [1.54, 1.807) is 20.8 Å². The summed E-state index contributed by atoms with van der Waals surface area (Å²) >= 11 is 0. The van der Waals surface area contributed by atoms with Crippen molar-refractivity contribution < 1.29 is 22.7 Å². The number of pyridine rings is 1. The summed E-state index contributed by atoms with van der Waals surface area (Å²) in [5.74, 6) is 0.0530. The highest BCUT2D eigenvalue weighted by Crippen LogP contribution is 2.58. The van der Waals surface area contributed by atoms with E-state index in [1.165, 1.54) is 18.3 Å². The van der Waals surface area contributed by atoms with E-state index in [-0.39, 0.29) is 24.2 Å². The maximum Gasteiger partial charge on any atom is 0.413 e. The first-order chi connectivity index (χ1) is 9.53. The quantitative estimate of drug-likeness (QED) is 0.897. The number of alkyl halides is 3. The average molecular weight is 302 g/mol. The van der Waals surface area contributed by atoms with E-state index in [1.807, 2.05) is 0 Å². The van der Waals surface area contributed by atoms with Gasteiger partial charge in [-0.3, -0.25) is 5.32 Å². The molecule has 4 nitrogen and oxygen atoms in total. The van der Waals surface area contributed by atoms with E-state index in [4.69, 9.17) is 4.74 Å². The average Bonchev–Trinajstić information content (AvgIpc) is 3.06. The Balaban J connectivity index is 2.14. The summed E-state index contributed by atoms with van der Waals surface area (Å²) in [4.78, 5) is 15.5. The first kappa shape index (κ1) is 15.6. The van der Waals surface area contributed by atoms with Crippen LogP contribution in [0.1, 0.15) is 39.2 Å². The Morgan fingerprint density at radius 2 is 1.95 bits per heavy atom. The molecule has 1 saturated carbocycles. The molecule has 0 spiro atoms. The number of nitrogens with one attached hydrogen (secondary N) is 1. The van der Waals surface area contributed by atoms with Gasteiger partial charge < -0.3 is 4.74 Å². The molecular weight excluding hydrogens is 285 g/mol.